The number of pyridine rings is 1. The van der Waals surface area contributed by atoms with E-state index in [2.05, 4.69) is 15.3 Å². The topological polar surface area (TPSA) is 73.3 Å². The number of thiazole rings is 1. The third-order valence-electron chi connectivity index (χ3n) is 4.19. The highest BCUT2D eigenvalue weighted by atomic mass is 35.5. The molecular formula is C20H18ClN3O3S. The molecule has 4 rings (SSSR count). The minimum Gasteiger partial charge on any atom is -0.489 e. The molecule has 1 N–H and O–H groups in total. The highest BCUT2D eigenvalue weighted by molar-refractivity contribution is 7.09. The van der Waals surface area contributed by atoms with E-state index in [9.17, 15) is 4.79 Å². The van der Waals surface area contributed by atoms with Crippen molar-refractivity contribution in [1.29, 1.82) is 0 Å². The zero-order valence-electron chi connectivity index (χ0n) is 15.0. The van der Waals surface area contributed by atoms with E-state index in [-0.39, 0.29) is 12.3 Å². The minimum atomic E-state index is -0.105. The zero-order chi connectivity index (χ0) is 19.3. The standard InChI is InChI=1S/C20H18ClN3O3S/c21-15-8-13(9-17-20(15)27-7-1-6-26-17)10-18(25)23-11-19-24-16(12-28-19)14-2-4-22-5-3-14/h2-5,8-9,12H,1,6-7,10-11H2,(H,23,25). The second-order valence-electron chi connectivity index (χ2n) is 6.27. The van der Waals surface area contributed by atoms with Crippen LogP contribution >= 0.6 is 22.9 Å². The molecule has 0 bridgehead atoms. The number of fused-ring (bicyclic) bond motifs is 1. The molecule has 0 spiro atoms. The number of benzene rings is 1. The van der Waals surface area contributed by atoms with Crippen molar-refractivity contribution in [2.45, 2.75) is 19.4 Å². The molecular weight excluding hydrogens is 398 g/mol. The summed E-state index contributed by atoms with van der Waals surface area (Å²) in [5.41, 5.74) is 2.67. The molecule has 1 aromatic carbocycles. The average Bonchev–Trinajstić information content (AvgIpc) is 3.05. The lowest BCUT2D eigenvalue weighted by molar-refractivity contribution is -0.120. The summed E-state index contributed by atoms with van der Waals surface area (Å²) in [5.74, 6) is 1.04. The molecule has 0 aliphatic carbocycles. The van der Waals surface area contributed by atoms with Gasteiger partial charge < -0.3 is 14.8 Å². The fraction of sp³-hybridized carbons (Fsp3) is 0.250. The Labute approximate surface area is 171 Å². The SMILES string of the molecule is O=C(Cc1cc(Cl)c2c(c1)OCCCO2)NCc1nc(-c2ccncc2)cs1. The fourth-order valence-corrected chi connectivity index (χ4v) is 3.89. The van der Waals surface area contributed by atoms with Crippen molar-refractivity contribution in [1.82, 2.24) is 15.3 Å². The number of rotatable bonds is 5. The lowest BCUT2D eigenvalue weighted by Gasteiger charge is -2.11. The van der Waals surface area contributed by atoms with E-state index in [1.807, 2.05) is 23.6 Å². The van der Waals surface area contributed by atoms with Gasteiger partial charge in [-0.25, -0.2) is 4.98 Å². The molecule has 3 heterocycles. The molecule has 28 heavy (non-hydrogen) atoms. The van der Waals surface area contributed by atoms with E-state index < -0.39 is 0 Å². The maximum atomic E-state index is 12.4. The highest BCUT2D eigenvalue weighted by Crippen LogP contribution is 2.38. The monoisotopic (exact) mass is 415 g/mol. The van der Waals surface area contributed by atoms with Crippen LogP contribution in [-0.4, -0.2) is 29.1 Å². The number of hydrogen-bond donors (Lipinski definition) is 1. The molecule has 144 valence electrons. The molecule has 1 amide bonds. The van der Waals surface area contributed by atoms with Gasteiger partial charge in [-0.2, -0.15) is 0 Å². The van der Waals surface area contributed by atoms with Gasteiger partial charge in [-0.3, -0.25) is 9.78 Å². The number of nitrogens with one attached hydrogen (secondary N) is 1. The lowest BCUT2D eigenvalue weighted by atomic mass is 10.1. The first-order valence-electron chi connectivity index (χ1n) is 8.88. The van der Waals surface area contributed by atoms with Crippen LogP contribution in [0.5, 0.6) is 11.5 Å². The van der Waals surface area contributed by atoms with Crippen LogP contribution in [0.3, 0.4) is 0 Å². The Morgan fingerprint density at radius 3 is 2.89 bits per heavy atom. The zero-order valence-corrected chi connectivity index (χ0v) is 16.6. The van der Waals surface area contributed by atoms with Crippen LogP contribution in [0.2, 0.25) is 5.02 Å². The van der Waals surface area contributed by atoms with E-state index >= 15 is 0 Å². The first-order valence-corrected chi connectivity index (χ1v) is 10.1. The quantitative estimate of drug-likeness (QED) is 0.684. The maximum Gasteiger partial charge on any atom is 0.224 e. The normalized spacial score (nSPS) is 13.0. The number of amides is 1. The number of ether oxygens (including phenoxy) is 2. The van der Waals surface area contributed by atoms with Crippen LogP contribution in [0, 0.1) is 0 Å². The smallest absolute Gasteiger partial charge is 0.224 e. The van der Waals surface area contributed by atoms with Gasteiger partial charge in [0.15, 0.2) is 11.5 Å². The number of hydrogen-bond acceptors (Lipinski definition) is 6. The van der Waals surface area contributed by atoms with E-state index in [0.717, 1.165) is 28.2 Å². The molecule has 1 aliphatic rings. The predicted octanol–water partition coefficient (Wildman–Crippen LogP) is 3.88. The Kier molecular flexibility index (Phi) is 5.73. The van der Waals surface area contributed by atoms with Crippen LogP contribution < -0.4 is 14.8 Å². The molecule has 8 heteroatoms. The van der Waals surface area contributed by atoms with Crippen molar-refractivity contribution >= 4 is 28.8 Å². The summed E-state index contributed by atoms with van der Waals surface area (Å²) < 4.78 is 11.3. The molecule has 0 fully saturated rings. The van der Waals surface area contributed by atoms with Crippen molar-refractivity contribution in [2.75, 3.05) is 13.2 Å². The molecule has 0 radical (unpaired) electrons. The molecule has 2 aromatic heterocycles. The summed E-state index contributed by atoms with van der Waals surface area (Å²) in [5, 5.41) is 6.18. The van der Waals surface area contributed by atoms with Crippen LogP contribution in [0.25, 0.3) is 11.3 Å². The lowest BCUT2D eigenvalue weighted by Crippen LogP contribution is -2.24. The Morgan fingerprint density at radius 2 is 2.04 bits per heavy atom. The van der Waals surface area contributed by atoms with Crippen molar-refractivity contribution in [3.8, 4) is 22.8 Å². The van der Waals surface area contributed by atoms with E-state index in [4.69, 9.17) is 21.1 Å². The highest BCUT2D eigenvalue weighted by Gasteiger charge is 2.17. The minimum absolute atomic E-state index is 0.105. The summed E-state index contributed by atoms with van der Waals surface area (Å²) in [6.07, 6.45) is 4.47. The van der Waals surface area contributed by atoms with Gasteiger partial charge in [0.2, 0.25) is 5.91 Å². The average molecular weight is 416 g/mol. The van der Waals surface area contributed by atoms with Crippen molar-refractivity contribution in [3.63, 3.8) is 0 Å². The molecule has 6 nitrogen and oxygen atoms in total. The van der Waals surface area contributed by atoms with Gasteiger partial charge in [0, 0.05) is 29.8 Å². The number of nitrogens with zero attached hydrogens (tertiary/aromatic N) is 2. The molecule has 0 saturated carbocycles. The fourth-order valence-electron chi connectivity index (χ4n) is 2.86. The Balaban J connectivity index is 1.37. The number of carbonyl (C=O) groups excluding carboxylic acids is 1. The van der Waals surface area contributed by atoms with Gasteiger partial charge in [-0.05, 0) is 29.8 Å². The first kappa shape index (κ1) is 18.7. The van der Waals surface area contributed by atoms with Crippen LogP contribution in [0.1, 0.15) is 17.0 Å². The third kappa shape index (κ3) is 4.43. The van der Waals surface area contributed by atoms with Crippen LogP contribution in [0.4, 0.5) is 0 Å². The van der Waals surface area contributed by atoms with E-state index in [1.54, 1.807) is 18.5 Å². The number of halogens is 1. The first-order chi connectivity index (χ1) is 13.7. The second-order valence-corrected chi connectivity index (χ2v) is 7.62. The van der Waals surface area contributed by atoms with Crippen LogP contribution in [-0.2, 0) is 17.8 Å². The van der Waals surface area contributed by atoms with Gasteiger partial charge >= 0.3 is 0 Å². The Bertz CT molecular complexity index is 978. The van der Waals surface area contributed by atoms with Crippen molar-refractivity contribution in [2.24, 2.45) is 0 Å². The summed E-state index contributed by atoms with van der Waals surface area (Å²) in [7, 11) is 0. The van der Waals surface area contributed by atoms with Crippen LogP contribution in [0.15, 0.2) is 42.0 Å². The van der Waals surface area contributed by atoms with Gasteiger partial charge in [-0.1, -0.05) is 11.6 Å². The second kappa shape index (κ2) is 8.58. The van der Waals surface area contributed by atoms with Gasteiger partial charge in [0.1, 0.15) is 5.01 Å². The molecule has 0 atom stereocenters. The molecule has 0 unspecified atom stereocenters. The molecule has 3 aromatic rings. The molecule has 0 saturated heterocycles. The van der Waals surface area contributed by atoms with Gasteiger partial charge in [-0.15, -0.1) is 11.3 Å². The number of aromatic nitrogens is 2. The summed E-state index contributed by atoms with van der Waals surface area (Å²) in [4.78, 5) is 20.9. The number of carbonyl (C=O) groups is 1. The Morgan fingerprint density at radius 1 is 1.21 bits per heavy atom. The largest absolute Gasteiger partial charge is 0.489 e. The van der Waals surface area contributed by atoms with Crippen molar-refractivity contribution < 1.29 is 14.3 Å². The van der Waals surface area contributed by atoms with E-state index in [0.29, 0.717) is 36.3 Å². The summed E-state index contributed by atoms with van der Waals surface area (Å²) >= 11 is 7.80. The van der Waals surface area contributed by atoms with Gasteiger partial charge in [0.05, 0.1) is 36.9 Å². The molecule has 1 aliphatic heterocycles. The third-order valence-corrected chi connectivity index (χ3v) is 5.32. The Hall–Kier alpha value is -2.64. The summed E-state index contributed by atoms with van der Waals surface area (Å²) in [6, 6.07) is 7.38. The predicted molar refractivity (Wildman–Crippen MR) is 108 cm³/mol. The maximum absolute atomic E-state index is 12.4. The van der Waals surface area contributed by atoms with Crippen molar-refractivity contribution in [3.05, 3.63) is 57.6 Å². The summed E-state index contributed by atoms with van der Waals surface area (Å²) in [6.45, 7) is 1.53. The van der Waals surface area contributed by atoms with Gasteiger partial charge in [0.25, 0.3) is 0 Å². The van der Waals surface area contributed by atoms with E-state index in [1.165, 1.54) is 11.3 Å².